The topological polar surface area (TPSA) is 64.4 Å². The fourth-order valence-electron chi connectivity index (χ4n) is 2.15. The molecule has 1 atom stereocenters. The summed E-state index contributed by atoms with van der Waals surface area (Å²) in [6.07, 6.45) is 3.03. The number of imidazole rings is 1. The lowest BCUT2D eigenvalue weighted by Gasteiger charge is -2.38. The zero-order valence-corrected chi connectivity index (χ0v) is 13.4. The summed E-state index contributed by atoms with van der Waals surface area (Å²) in [6.45, 7) is 10.0. The van der Waals surface area contributed by atoms with Crippen LogP contribution in [-0.4, -0.2) is 48.1 Å². The van der Waals surface area contributed by atoms with Crippen molar-refractivity contribution in [1.82, 2.24) is 13.9 Å². The number of sulfonamides is 1. The molecule has 0 N–H and O–H groups in total. The highest BCUT2D eigenvalue weighted by molar-refractivity contribution is 7.89. The van der Waals surface area contributed by atoms with E-state index in [0.717, 1.165) is 0 Å². The Bertz CT molecular complexity index is 560. The van der Waals surface area contributed by atoms with Crippen molar-refractivity contribution in [2.45, 2.75) is 45.4 Å². The molecule has 20 heavy (non-hydrogen) atoms. The van der Waals surface area contributed by atoms with Gasteiger partial charge in [0.05, 0.1) is 19.0 Å². The SMILES string of the molecule is CCn1cnc(S(=O)(=O)N2CCOC(C(C)(C)C)C2)c1. The Morgan fingerprint density at radius 2 is 2.15 bits per heavy atom. The predicted molar refractivity (Wildman–Crippen MR) is 75.9 cm³/mol. The Morgan fingerprint density at radius 3 is 2.70 bits per heavy atom. The summed E-state index contributed by atoms with van der Waals surface area (Å²) in [5.74, 6) is 0. The molecule has 114 valence electrons. The van der Waals surface area contributed by atoms with Gasteiger partial charge in [-0.25, -0.2) is 13.4 Å². The second kappa shape index (κ2) is 5.46. The minimum atomic E-state index is -3.52. The summed E-state index contributed by atoms with van der Waals surface area (Å²) in [7, 11) is -3.52. The van der Waals surface area contributed by atoms with Gasteiger partial charge >= 0.3 is 0 Å². The zero-order chi connectivity index (χ0) is 15.0. The summed E-state index contributed by atoms with van der Waals surface area (Å²) in [5.41, 5.74) is -0.0863. The van der Waals surface area contributed by atoms with Crippen LogP contribution in [0.15, 0.2) is 17.6 Å². The Kier molecular flexibility index (Phi) is 4.22. The van der Waals surface area contributed by atoms with Crippen LogP contribution in [0.5, 0.6) is 0 Å². The highest BCUT2D eigenvalue weighted by Crippen LogP contribution is 2.27. The molecule has 0 amide bonds. The van der Waals surface area contributed by atoms with Crippen molar-refractivity contribution >= 4 is 10.0 Å². The summed E-state index contributed by atoms with van der Waals surface area (Å²) in [4.78, 5) is 4.01. The van der Waals surface area contributed by atoms with E-state index in [1.165, 1.54) is 4.31 Å². The summed E-state index contributed by atoms with van der Waals surface area (Å²) in [6, 6.07) is 0. The Morgan fingerprint density at radius 1 is 1.45 bits per heavy atom. The van der Waals surface area contributed by atoms with Crippen molar-refractivity contribution in [3.63, 3.8) is 0 Å². The van der Waals surface area contributed by atoms with E-state index in [1.54, 1.807) is 17.1 Å². The van der Waals surface area contributed by atoms with Gasteiger partial charge in [-0.3, -0.25) is 0 Å². The Balaban J connectivity index is 2.21. The lowest BCUT2D eigenvalue weighted by atomic mass is 9.88. The van der Waals surface area contributed by atoms with E-state index in [0.29, 0.717) is 26.2 Å². The minimum absolute atomic E-state index is 0.0863. The van der Waals surface area contributed by atoms with Crippen LogP contribution in [0, 0.1) is 5.41 Å². The summed E-state index contributed by atoms with van der Waals surface area (Å²) in [5, 5.41) is 0.119. The highest BCUT2D eigenvalue weighted by atomic mass is 32.2. The van der Waals surface area contributed by atoms with Crippen molar-refractivity contribution in [2.24, 2.45) is 5.41 Å². The number of rotatable bonds is 3. The fraction of sp³-hybridized carbons (Fsp3) is 0.769. The number of aryl methyl sites for hydroxylation is 1. The van der Waals surface area contributed by atoms with Crippen molar-refractivity contribution < 1.29 is 13.2 Å². The van der Waals surface area contributed by atoms with Crippen LogP contribution >= 0.6 is 0 Å². The standard InChI is InChI=1S/C13H23N3O3S/c1-5-15-9-12(14-10-15)20(17,18)16-6-7-19-11(8-16)13(2,3)4/h9-11H,5-8H2,1-4H3. The second-order valence-corrected chi connectivity index (χ2v) is 8.02. The van der Waals surface area contributed by atoms with E-state index in [9.17, 15) is 8.42 Å². The highest BCUT2D eigenvalue weighted by Gasteiger charge is 2.36. The first-order valence-electron chi connectivity index (χ1n) is 6.88. The largest absolute Gasteiger partial charge is 0.375 e. The maximum atomic E-state index is 12.6. The molecule has 1 saturated heterocycles. The number of hydrogen-bond acceptors (Lipinski definition) is 4. The van der Waals surface area contributed by atoms with Crippen LogP contribution in [0.4, 0.5) is 0 Å². The third-order valence-corrected chi connectivity index (χ3v) is 5.32. The van der Waals surface area contributed by atoms with Gasteiger partial charge in [-0.2, -0.15) is 4.31 Å². The molecule has 2 rings (SSSR count). The summed E-state index contributed by atoms with van der Waals surface area (Å²) >= 11 is 0. The number of aromatic nitrogens is 2. The van der Waals surface area contributed by atoms with Crippen molar-refractivity contribution in [1.29, 1.82) is 0 Å². The van der Waals surface area contributed by atoms with E-state index < -0.39 is 10.0 Å². The van der Waals surface area contributed by atoms with Crippen LogP contribution in [0.3, 0.4) is 0 Å². The summed E-state index contributed by atoms with van der Waals surface area (Å²) < 4.78 is 34.1. The molecule has 1 aromatic rings. The molecule has 1 unspecified atom stereocenters. The van der Waals surface area contributed by atoms with E-state index in [-0.39, 0.29) is 16.5 Å². The van der Waals surface area contributed by atoms with E-state index in [4.69, 9.17) is 4.74 Å². The molecule has 0 aromatic carbocycles. The molecule has 0 spiro atoms. The lowest BCUT2D eigenvalue weighted by Crippen LogP contribution is -2.50. The third kappa shape index (κ3) is 3.05. The quantitative estimate of drug-likeness (QED) is 0.845. The fourth-order valence-corrected chi connectivity index (χ4v) is 3.51. The normalized spacial score (nSPS) is 22.1. The first-order chi connectivity index (χ1) is 9.25. The molecular formula is C13H23N3O3S. The maximum absolute atomic E-state index is 12.6. The molecule has 0 bridgehead atoms. The van der Waals surface area contributed by atoms with Gasteiger partial charge in [0.25, 0.3) is 10.0 Å². The molecule has 6 nitrogen and oxygen atoms in total. The molecule has 2 heterocycles. The average Bonchev–Trinajstić information content (AvgIpc) is 2.87. The van der Waals surface area contributed by atoms with Gasteiger partial charge in [-0.15, -0.1) is 0 Å². The average molecular weight is 301 g/mol. The van der Waals surface area contributed by atoms with Crippen LogP contribution in [0.1, 0.15) is 27.7 Å². The van der Waals surface area contributed by atoms with Crippen LogP contribution < -0.4 is 0 Å². The lowest BCUT2D eigenvalue weighted by molar-refractivity contribution is -0.0591. The number of hydrogen-bond donors (Lipinski definition) is 0. The molecule has 0 aliphatic carbocycles. The first-order valence-corrected chi connectivity index (χ1v) is 8.32. The predicted octanol–water partition coefficient (Wildman–Crippen LogP) is 1.34. The van der Waals surface area contributed by atoms with E-state index in [1.807, 2.05) is 6.92 Å². The van der Waals surface area contributed by atoms with Crippen LogP contribution in [0.25, 0.3) is 0 Å². The van der Waals surface area contributed by atoms with Crippen LogP contribution in [0.2, 0.25) is 0 Å². The molecule has 0 saturated carbocycles. The van der Waals surface area contributed by atoms with Gasteiger partial charge in [0.2, 0.25) is 0 Å². The van der Waals surface area contributed by atoms with Gasteiger partial charge in [0, 0.05) is 25.8 Å². The molecule has 0 radical (unpaired) electrons. The Hall–Kier alpha value is -0.920. The minimum Gasteiger partial charge on any atom is -0.375 e. The first kappa shape index (κ1) is 15.5. The monoisotopic (exact) mass is 301 g/mol. The molecule has 1 aromatic heterocycles. The molecule has 1 aliphatic heterocycles. The van der Waals surface area contributed by atoms with Crippen molar-refractivity contribution in [2.75, 3.05) is 19.7 Å². The van der Waals surface area contributed by atoms with Gasteiger partial charge < -0.3 is 9.30 Å². The molecule has 1 fully saturated rings. The van der Waals surface area contributed by atoms with Gasteiger partial charge in [0.15, 0.2) is 5.03 Å². The maximum Gasteiger partial charge on any atom is 0.262 e. The van der Waals surface area contributed by atoms with Crippen LogP contribution in [-0.2, 0) is 21.3 Å². The molecule has 1 aliphatic rings. The molecular weight excluding hydrogens is 278 g/mol. The van der Waals surface area contributed by atoms with Crippen molar-refractivity contribution in [3.8, 4) is 0 Å². The second-order valence-electron chi connectivity index (χ2n) is 6.13. The van der Waals surface area contributed by atoms with Crippen molar-refractivity contribution in [3.05, 3.63) is 12.5 Å². The van der Waals surface area contributed by atoms with Gasteiger partial charge in [-0.05, 0) is 12.3 Å². The number of morpholine rings is 1. The van der Waals surface area contributed by atoms with Gasteiger partial charge in [-0.1, -0.05) is 20.8 Å². The van der Waals surface area contributed by atoms with E-state index >= 15 is 0 Å². The molecule has 7 heteroatoms. The van der Waals surface area contributed by atoms with Gasteiger partial charge in [0.1, 0.15) is 0 Å². The smallest absolute Gasteiger partial charge is 0.262 e. The van der Waals surface area contributed by atoms with E-state index in [2.05, 4.69) is 25.8 Å². The third-order valence-electron chi connectivity index (χ3n) is 3.57. The zero-order valence-electron chi connectivity index (χ0n) is 12.5. The number of ether oxygens (including phenoxy) is 1. The number of nitrogens with zero attached hydrogens (tertiary/aromatic N) is 3. The Labute approximate surface area is 120 Å².